The van der Waals surface area contributed by atoms with Crippen molar-refractivity contribution in [2.45, 2.75) is 31.6 Å². The van der Waals surface area contributed by atoms with Crippen molar-refractivity contribution in [1.82, 2.24) is 10.2 Å². The summed E-state index contributed by atoms with van der Waals surface area (Å²) in [4.78, 5) is 1.45. The molecule has 1 aromatic carbocycles. The van der Waals surface area contributed by atoms with E-state index in [1.807, 2.05) is 6.07 Å². The predicted octanol–water partition coefficient (Wildman–Crippen LogP) is 1.78. The molecule has 0 fully saturated rings. The third-order valence-corrected chi connectivity index (χ3v) is 5.37. The smallest absolute Gasteiger partial charge is 0.197 e. The fourth-order valence-electron chi connectivity index (χ4n) is 2.58. The number of hydrogen-bond donors (Lipinski definition) is 1. The van der Waals surface area contributed by atoms with Crippen molar-refractivity contribution in [1.29, 1.82) is 0 Å². The third kappa shape index (κ3) is 5.12. The molecule has 7 heteroatoms. The molecule has 0 saturated carbocycles. The molecular weight excluding hydrogens is 336 g/mol. The summed E-state index contributed by atoms with van der Waals surface area (Å²) in [7, 11) is -3.56. The van der Waals surface area contributed by atoms with Gasteiger partial charge in [0.1, 0.15) is 0 Å². The molecule has 0 aliphatic carbocycles. The van der Waals surface area contributed by atoms with E-state index in [1.165, 1.54) is 4.90 Å². The van der Waals surface area contributed by atoms with Crippen molar-refractivity contribution in [2.24, 2.45) is 0 Å². The molecule has 1 aromatic rings. The van der Waals surface area contributed by atoms with Crippen LogP contribution in [0.15, 0.2) is 41.6 Å². The van der Waals surface area contributed by atoms with Crippen molar-refractivity contribution in [3.63, 3.8) is 0 Å². The highest BCUT2D eigenvalue weighted by Crippen LogP contribution is 2.35. The summed E-state index contributed by atoms with van der Waals surface area (Å²) in [5.41, 5.74) is 0.642. The molecule has 1 heterocycles. The van der Waals surface area contributed by atoms with Gasteiger partial charge in [-0.2, -0.15) is 0 Å². The maximum absolute atomic E-state index is 12.2. The van der Waals surface area contributed by atoms with Crippen LogP contribution in [0, 0.1) is 0 Å². The highest BCUT2D eigenvalue weighted by atomic mass is 35.5. The zero-order chi connectivity index (χ0) is 16.0. The summed E-state index contributed by atoms with van der Waals surface area (Å²) in [6.07, 6.45) is 3.00. The van der Waals surface area contributed by atoms with Crippen LogP contribution >= 0.6 is 12.4 Å². The molecule has 0 aromatic heterocycles. The molecule has 130 valence electrons. The topological polar surface area (TPSA) is 72.5 Å². The zero-order valence-corrected chi connectivity index (χ0v) is 14.9. The van der Waals surface area contributed by atoms with Gasteiger partial charge in [0.25, 0.3) is 0 Å². The lowest BCUT2D eigenvalue weighted by Gasteiger charge is -2.31. The molecule has 0 spiro atoms. The van der Waals surface area contributed by atoms with E-state index in [0.717, 1.165) is 37.8 Å². The van der Waals surface area contributed by atoms with Gasteiger partial charge in [0.15, 0.2) is 15.2 Å². The Hall–Kier alpha value is -1.24. The van der Waals surface area contributed by atoms with Crippen LogP contribution in [0.1, 0.15) is 37.1 Å². The first kappa shape index (κ1) is 19.8. The number of nitrogens with one attached hydrogen (secondary N) is 1. The highest BCUT2D eigenvalue weighted by molar-refractivity contribution is 7.94. The molecule has 0 bridgehead atoms. The minimum atomic E-state index is -3.56. The van der Waals surface area contributed by atoms with E-state index in [4.69, 9.17) is 0 Å². The normalized spacial score (nSPS) is 19.3. The average Bonchev–Trinajstić information content (AvgIpc) is 2.72. The van der Waals surface area contributed by atoms with Crippen LogP contribution < -0.4 is 10.4 Å². The first-order valence-corrected chi connectivity index (χ1v) is 9.32. The van der Waals surface area contributed by atoms with Crippen LogP contribution in [0.5, 0.6) is 0 Å². The highest BCUT2D eigenvalue weighted by Gasteiger charge is 2.35. The quantitative estimate of drug-likeness (QED) is 0.716. The Morgan fingerprint density at radius 3 is 2.48 bits per heavy atom. The van der Waals surface area contributed by atoms with E-state index in [2.05, 4.69) is 12.2 Å². The first-order valence-electron chi connectivity index (χ1n) is 7.71. The van der Waals surface area contributed by atoms with Gasteiger partial charge >= 0.3 is 0 Å². The van der Waals surface area contributed by atoms with Gasteiger partial charge in [-0.05, 0) is 37.4 Å². The summed E-state index contributed by atoms with van der Waals surface area (Å²) in [5, 5.41) is 15.3. The zero-order valence-electron chi connectivity index (χ0n) is 13.3. The third-order valence-electron chi connectivity index (χ3n) is 3.69. The Labute approximate surface area is 144 Å². The van der Waals surface area contributed by atoms with E-state index < -0.39 is 21.1 Å². The Morgan fingerprint density at radius 2 is 1.83 bits per heavy atom. The first-order chi connectivity index (χ1) is 10.6. The molecular formula is C16H24ClN2O3S-. The average molecular weight is 360 g/mol. The number of unbranched alkanes of at least 4 members (excludes halogenated alkanes) is 1. The van der Waals surface area contributed by atoms with Crippen LogP contribution in [0.25, 0.3) is 0 Å². The number of benzene rings is 1. The van der Waals surface area contributed by atoms with Gasteiger partial charge in [-0.15, -0.1) is 12.4 Å². The fraction of sp³-hybridized carbons (Fsp3) is 0.500. The van der Waals surface area contributed by atoms with E-state index in [9.17, 15) is 13.5 Å². The van der Waals surface area contributed by atoms with Crippen LogP contribution in [0.3, 0.4) is 0 Å². The van der Waals surface area contributed by atoms with Gasteiger partial charge in [-0.25, -0.2) is 8.42 Å². The summed E-state index contributed by atoms with van der Waals surface area (Å²) >= 11 is 0. The molecule has 23 heavy (non-hydrogen) atoms. The largest absolute Gasteiger partial charge is 0.860 e. The fourth-order valence-corrected chi connectivity index (χ4v) is 4.23. The lowest BCUT2D eigenvalue weighted by atomic mass is 10.2. The van der Waals surface area contributed by atoms with Crippen LogP contribution in [-0.4, -0.2) is 33.0 Å². The predicted molar refractivity (Wildman–Crippen MR) is 92.5 cm³/mol. The standard InChI is InChI=1S/C16H24N2O3S.ClH/c1-2-3-10-17-11-7-12-18-15(19)13-22(20,21)16(18)14-8-5-4-6-9-14;/h4-6,8-9,13,16-17,19H,2-3,7,10-12H2,1H3;1H/p-1. The van der Waals surface area contributed by atoms with E-state index >= 15 is 0 Å². The molecule has 1 aliphatic heterocycles. The number of nitrogens with zero attached hydrogens (tertiary/aromatic N) is 1. The summed E-state index contributed by atoms with van der Waals surface area (Å²) in [6.45, 7) is 4.31. The Bertz CT molecular complexity index is 605. The van der Waals surface area contributed by atoms with E-state index in [-0.39, 0.29) is 12.4 Å². The maximum Gasteiger partial charge on any atom is 0.197 e. The molecule has 0 radical (unpaired) electrons. The Kier molecular flexibility index (Phi) is 7.88. The number of sulfone groups is 1. The van der Waals surface area contributed by atoms with Crippen LogP contribution in [0.4, 0.5) is 0 Å². The lowest BCUT2D eigenvalue weighted by Crippen LogP contribution is -2.33. The monoisotopic (exact) mass is 359 g/mol. The Balaban J connectivity index is 0.00000264. The molecule has 1 N–H and O–H groups in total. The summed E-state index contributed by atoms with van der Waals surface area (Å²) in [5.74, 6) is -0.414. The number of rotatable bonds is 8. The second-order valence-corrected chi connectivity index (χ2v) is 7.32. The van der Waals surface area contributed by atoms with Gasteiger partial charge in [0, 0.05) is 12.0 Å². The molecule has 1 aliphatic rings. The van der Waals surface area contributed by atoms with Gasteiger partial charge in [-0.3, -0.25) is 0 Å². The summed E-state index contributed by atoms with van der Waals surface area (Å²) < 4.78 is 24.4. The lowest BCUT2D eigenvalue weighted by molar-refractivity contribution is -0.332. The van der Waals surface area contributed by atoms with Crippen molar-refractivity contribution in [3.05, 3.63) is 47.2 Å². The molecule has 0 amide bonds. The van der Waals surface area contributed by atoms with Crippen molar-refractivity contribution in [2.75, 3.05) is 19.6 Å². The van der Waals surface area contributed by atoms with Crippen molar-refractivity contribution in [3.8, 4) is 0 Å². The second-order valence-electron chi connectivity index (χ2n) is 5.46. The minimum absolute atomic E-state index is 0. The minimum Gasteiger partial charge on any atom is -0.860 e. The SMILES string of the molecule is CCCCNCCCN1C([O-])=CS(=O)(=O)C1c1ccccc1.Cl. The Morgan fingerprint density at radius 1 is 1.17 bits per heavy atom. The second kappa shape index (κ2) is 9.15. The molecule has 0 saturated heterocycles. The van der Waals surface area contributed by atoms with Crippen LogP contribution in [-0.2, 0) is 9.84 Å². The number of hydrogen-bond acceptors (Lipinski definition) is 5. The van der Waals surface area contributed by atoms with E-state index in [0.29, 0.717) is 12.1 Å². The van der Waals surface area contributed by atoms with Gasteiger partial charge in [0.2, 0.25) is 0 Å². The molecule has 1 atom stereocenters. The number of halogens is 1. The van der Waals surface area contributed by atoms with E-state index in [1.54, 1.807) is 24.3 Å². The molecule has 1 unspecified atom stereocenters. The van der Waals surface area contributed by atoms with Gasteiger partial charge in [-0.1, -0.05) is 43.7 Å². The van der Waals surface area contributed by atoms with Gasteiger partial charge < -0.3 is 15.3 Å². The van der Waals surface area contributed by atoms with Crippen LogP contribution in [0.2, 0.25) is 0 Å². The maximum atomic E-state index is 12.2. The molecule has 2 rings (SSSR count). The van der Waals surface area contributed by atoms with Crippen molar-refractivity contribution >= 4 is 22.2 Å². The van der Waals surface area contributed by atoms with Crippen molar-refractivity contribution < 1.29 is 13.5 Å². The summed E-state index contributed by atoms with van der Waals surface area (Å²) in [6, 6.07) is 8.91. The van der Waals surface area contributed by atoms with Gasteiger partial charge in [0.05, 0.1) is 0 Å². The molecule has 5 nitrogen and oxygen atoms in total.